The lowest BCUT2D eigenvalue weighted by atomic mass is 9.92. The van der Waals surface area contributed by atoms with Gasteiger partial charge in [0.25, 0.3) is 0 Å². The smallest absolute Gasteiger partial charge is 0.319 e. The van der Waals surface area contributed by atoms with Crippen molar-refractivity contribution in [2.75, 3.05) is 10.6 Å². The fourth-order valence-corrected chi connectivity index (χ4v) is 2.98. The van der Waals surface area contributed by atoms with Gasteiger partial charge in [0, 0.05) is 11.4 Å². The van der Waals surface area contributed by atoms with Crippen LogP contribution < -0.4 is 16.0 Å². The maximum absolute atomic E-state index is 12.5. The Morgan fingerprint density at radius 3 is 2.69 bits per heavy atom. The van der Waals surface area contributed by atoms with E-state index in [2.05, 4.69) is 22.5 Å². The van der Waals surface area contributed by atoms with E-state index in [0.717, 1.165) is 28.0 Å². The average Bonchev–Trinajstić information content (AvgIpc) is 2.93. The fourth-order valence-electron chi connectivity index (χ4n) is 2.98. The van der Waals surface area contributed by atoms with Crippen molar-refractivity contribution in [3.63, 3.8) is 0 Å². The average molecular weight is 349 g/mol. The number of urea groups is 1. The Labute approximate surface area is 153 Å². The van der Waals surface area contributed by atoms with Gasteiger partial charge in [-0.2, -0.15) is 0 Å². The van der Waals surface area contributed by atoms with Crippen molar-refractivity contribution in [1.29, 1.82) is 0 Å². The molecule has 26 heavy (non-hydrogen) atoms. The van der Waals surface area contributed by atoms with Gasteiger partial charge in [0.05, 0.1) is 12.0 Å². The van der Waals surface area contributed by atoms with Crippen molar-refractivity contribution in [2.45, 2.75) is 32.7 Å². The number of fused-ring (bicyclic) bond motifs is 1. The van der Waals surface area contributed by atoms with Crippen LogP contribution in [-0.4, -0.2) is 11.9 Å². The minimum absolute atomic E-state index is 0.0277. The number of hydrogen-bond donors (Lipinski definition) is 3. The standard InChI is InChI=1S/C21H23N3O2/c1-13(2)14-6-5-7-16(10-14)21(3,4)24-20(26)22-17-9-8-15-11-19(25)23-18(15)12-17/h5-10,12H,1,11H2,2-4H3,(H,23,25)(H2,22,24,26). The highest BCUT2D eigenvalue weighted by Gasteiger charge is 2.24. The molecule has 0 fully saturated rings. The van der Waals surface area contributed by atoms with Crippen LogP contribution in [0.5, 0.6) is 0 Å². The Balaban J connectivity index is 1.71. The summed E-state index contributed by atoms with van der Waals surface area (Å²) in [5.41, 5.74) is 4.79. The third kappa shape index (κ3) is 3.77. The second-order valence-corrected chi connectivity index (χ2v) is 7.16. The second-order valence-electron chi connectivity index (χ2n) is 7.16. The van der Waals surface area contributed by atoms with Gasteiger partial charge in [-0.05, 0) is 55.7 Å². The van der Waals surface area contributed by atoms with E-state index in [1.165, 1.54) is 0 Å². The third-order valence-electron chi connectivity index (χ3n) is 4.50. The first-order chi connectivity index (χ1) is 12.2. The number of amides is 3. The molecule has 3 amide bonds. The molecule has 5 nitrogen and oxygen atoms in total. The van der Waals surface area contributed by atoms with Crippen molar-refractivity contribution in [3.8, 4) is 0 Å². The van der Waals surface area contributed by atoms with Crippen molar-refractivity contribution >= 4 is 28.9 Å². The van der Waals surface area contributed by atoms with Crippen LogP contribution in [-0.2, 0) is 16.8 Å². The lowest BCUT2D eigenvalue weighted by Crippen LogP contribution is -2.43. The van der Waals surface area contributed by atoms with Gasteiger partial charge in [0.15, 0.2) is 0 Å². The molecule has 0 saturated heterocycles. The monoisotopic (exact) mass is 349 g/mol. The number of allylic oxidation sites excluding steroid dienone is 1. The largest absolute Gasteiger partial charge is 0.329 e. The normalized spacial score (nSPS) is 13.0. The first-order valence-corrected chi connectivity index (χ1v) is 8.53. The minimum atomic E-state index is -0.555. The Morgan fingerprint density at radius 2 is 1.96 bits per heavy atom. The van der Waals surface area contributed by atoms with Crippen LogP contribution in [0.1, 0.15) is 37.5 Å². The number of nitrogens with one attached hydrogen (secondary N) is 3. The summed E-state index contributed by atoms with van der Waals surface area (Å²) >= 11 is 0. The van der Waals surface area contributed by atoms with E-state index in [-0.39, 0.29) is 11.9 Å². The van der Waals surface area contributed by atoms with Crippen LogP contribution >= 0.6 is 0 Å². The second kappa shape index (κ2) is 6.67. The molecule has 0 radical (unpaired) electrons. The summed E-state index contributed by atoms with van der Waals surface area (Å²) in [7, 11) is 0. The van der Waals surface area contributed by atoms with Crippen molar-refractivity contribution in [3.05, 3.63) is 65.7 Å². The lowest BCUT2D eigenvalue weighted by Gasteiger charge is -2.27. The van der Waals surface area contributed by atoms with Gasteiger partial charge in [0.1, 0.15) is 0 Å². The zero-order valence-corrected chi connectivity index (χ0v) is 15.3. The maximum atomic E-state index is 12.5. The molecule has 134 valence electrons. The first-order valence-electron chi connectivity index (χ1n) is 8.53. The summed E-state index contributed by atoms with van der Waals surface area (Å²) in [5, 5.41) is 8.61. The van der Waals surface area contributed by atoms with Crippen molar-refractivity contribution in [1.82, 2.24) is 5.32 Å². The van der Waals surface area contributed by atoms with Crippen LogP contribution in [0.3, 0.4) is 0 Å². The number of carbonyl (C=O) groups excluding carboxylic acids is 2. The number of rotatable bonds is 4. The molecule has 5 heteroatoms. The zero-order chi connectivity index (χ0) is 18.9. The Bertz CT molecular complexity index is 900. The predicted octanol–water partition coefficient (Wildman–Crippen LogP) is 4.27. The van der Waals surface area contributed by atoms with Gasteiger partial charge < -0.3 is 16.0 Å². The summed E-state index contributed by atoms with van der Waals surface area (Å²) in [5.74, 6) is -0.0277. The maximum Gasteiger partial charge on any atom is 0.319 e. The van der Waals surface area contributed by atoms with Crippen LogP contribution in [0.2, 0.25) is 0 Å². The summed E-state index contributed by atoms with van der Waals surface area (Å²) in [6.07, 6.45) is 0.383. The molecule has 0 spiro atoms. The number of carbonyl (C=O) groups is 2. The molecule has 1 heterocycles. The van der Waals surface area contributed by atoms with E-state index in [1.807, 2.05) is 51.1 Å². The third-order valence-corrected chi connectivity index (χ3v) is 4.50. The van der Waals surface area contributed by atoms with Crippen LogP contribution in [0.25, 0.3) is 5.57 Å². The molecule has 0 aromatic heterocycles. The predicted molar refractivity (Wildman–Crippen MR) is 105 cm³/mol. The molecule has 2 aromatic rings. The highest BCUT2D eigenvalue weighted by molar-refractivity contribution is 6.00. The van der Waals surface area contributed by atoms with Gasteiger partial charge in [-0.15, -0.1) is 0 Å². The summed E-state index contributed by atoms with van der Waals surface area (Å²) in [6.45, 7) is 9.83. The van der Waals surface area contributed by atoms with E-state index in [4.69, 9.17) is 0 Å². The summed E-state index contributed by atoms with van der Waals surface area (Å²) < 4.78 is 0. The van der Waals surface area contributed by atoms with Crippen molar-refractivity contribution < 1.29 is 9.59 Å². The molecular formula is C21H23N3O2. The van der Waals surface area contributed by atoms with Crippen LogP contribution in [0.4, 0.5) is 16.2 Å². The van der Waals surface area contributed by atoms with E-state index in [9.17, 15) is 9.59 Å². The number of hydrogen-bond acceptors (Lipinski definition) is 2. The summed E-state index contributed by atoms with van der Waals surface area (Å²) in [6, 6.07) is 13.1. The SMILES string of the molecule is C=C(C)c1cccc(C(C)(C)NC(=O)Nc2ccc3c(c2)NC(=O)C3)c1. The highest BCUT2D eigenvalue weighted by atomic mass is 16.2. The summed E-state index contributed by atoms with van der Waals surface area (Å²) in [4.78, 5) is 23.9. The van der Waals surface area contributed by atoms with Gasteiger partial charge in [0.2, 0.25) is 5.91 Å². The molecule has 0 unspecified atom stereocenters. The Kier molecular flexibility index (Phi) is 4.55. The number of benzene rings is 2. The fraction of sp³-hybridized carbons (Fsp3) is 0.238. The molecule has 0 bridgehead atoms. The molecule has 1 aliphatic rings. The quantitative estimate of drug-likeness (QED) is 0.771. The zero-order valence-electron chi connectivity index (χ0n) is 15.3. The van der Waals surface area contributed by atoms with Gasteiger partial charge in [-0.25, -0.2) is 4.79 Å². The van der Waals surface area contributed by atoms with E-state index >= 15 is 0 Å². The van der Waals surface area contributed by atoms with Gasteiger partial charge in [-0.3, -0.25) is 4.79 Å². The molecule has 0 saturated carbocycles. The lowest BCUT2D eigenvalue weighted by molar-refractivity contribution is -0.115. The topological polar surface area (TPSA) is 70.2 Å². The Morgan fingerprint density at radius 1 is 1.19 bits per heavy atom. The number of anilines is 2. The van der Waals surface area contributed by atoms with Crippen LogP contribution in [0, 0.1) is 0 Å². The minimum Gasteiger partial charge on any atom is -0.329 e. The molecule has 3 rings (SSSR count). The van der Waals surface area contributed by atoms with E-state index < -0.39 is 5.54 Å². The molecule has 1 aliphatic heterocycles. The first kappa shape index (κ1) is 17.7. The van der Waals surface area contributed by atoms with Gasteiger partial charge >= 0.3 is 6.03 Å². The molecule has 2 aromatic carbocycles. The molecule has 0 aliphatic carbocycles. The van der Waals surface area contributed by atoms with Gasteiger partial charge in [-0.1, -0.05) is 36.4 Å². The van der Waals surface area contributed by atoms with E-state index in [1.54, 1.807) is 12.1 Å². The molecule has 3 N–H and O–H groups in total. The molecule has 0 atom stereocenters. The highest BCUT2D eigenvalue weighted by Crippen LogP contribution is 2.27. The molecular weight excluding hydrogens is 326 g/mol. The Hall–Kier alpha value is -3.08. The van der Waals surface area contributed by atoms with Crippen molar-refractivity contribution in [2.24, 2.45) is 0 Å². The van der Waals surface area contributed by atoms with Crippen LogP contribution in [0.15, 0.2) is 49.0 Å². The van der Waals surface area contributed by atoms with E-state index in [0.29, 0.717) is 12.1 Å².